The maximum Gasteiger partial charge on any atom is 0.183 e. The monoisotopic (exact) mass is 396 g/mol. The quantitative estimate of drug-likeness (QED) is 0.800. The van der Waals surface area contributed by atoms with Gasteiger partial charge in [0.05, 0.1) is 9.50 Å². The van der Waals surface area contributed by atoms with E-state index in [0.29, 0.717) is 16.9 Å². The topological polar surface area (TPSA) is 33.4 Å². The van der Waals surface area contributed by atoms with Crippen molar-refractivity contribution in [2.24, 2.45) is 0 Å². The van der Waals surface area contributed by atoms with Crippen molar-refractivity contribution in [1.82, 2.24) is 0 Å². The summed E-state index contributed by atoms with van der Waals surface area (Å²) in [6.45, 7) is 0. The molecule has 0 aliphatic heterocycles. The van der Waals surface area contributed by atoms with E-state index in [0.717, 1.165) is 10.0 Å². The van der Waals surface area contributed by atoms with Gasteiger partial charge >= 0.3 is 0 Å². The molecule has 0 aliphatic carbocycles. The molecule has 1 aromatic heterocycles. The standard InChI is InChI=1S/C12H8Br2ClFO2/c13-7-5-11(18-12(7)14)10(17)4-6-1-2-9(16)8(15)3-6/h1-3,5,10,17H,4H2. The summed E-state index contributed by atoms with van der Waals surface area (Å²) in [5.41, 5.74) is 0.734. The van der Waals surface area contributed by atoms with Crippen LogP contribution in [0, 0.1) is 5.82 Å². The van der Waals surface area contributed by atoms with Crippen molar-refractivity contribution in [2.75, 3.05) is 0 Å². The Balaban J connectivity index is 2.15. The maximum atomic E-state index is 13.0. The number of hydrogen-bond acceptors (Lipinski definition) is 2. The predicted molar refractivity (Wildman–Crippen MR) is 74.2 cm³/mol. The van der Waals surface area contributed by atoms with Crippen molar-refractivity contribution in [2.45, 2.75) is 12.5 Å². The molecule has 18 heavy (non-hydrogen) atoms. The molecular formula is C12H8Br2ClFO2. The molecule has 0 aliphatic rings. The van der Waals surface area contributed by atoms with Crippen molar-refractivity contribution < 1.29 is 13.9 Å². The average Bonchev–Trinajstić information content (AvgIpc) is 2.65. The van der Waals surface area contributed by atoms with Gasteiger partial charge in [0.15, 0.2) is 4.67 Å². The summed E-state index contributed by atoms with van der Waals surface area (Å²) in [7, 11) is 0. The molecular weight excluding hydrogens is 390 g/mol. The van der Waals surface area contributed by atoms with Gasteiger partial charge in [0, 0.05) is 6.42 Å². The Morgan fingerprint density at radius 1 is 1.33 bits per heavy atom. The highest BCUT2D eigenvalue weighted by molar-refractivity contribution is 9.13. The molecule has 0 amide bonds. The van der Waals surface area contributed by atoms with Crippen LogP contribution >= 0.6 is 43.5 Å². The van der Waals surface area contributed by atoms with Gasteiger partial charge in [-0.2, -0.15) is 0 Å². The zero-order valence-electron chi connectivity index (χ0n) is 8.96. The second-order valence-corrected chi connectivity index (χ2v) is 5.72. The molecule has 2 nitrogen and oxygen atoms in total. The third-order valence-corrected chi connectivity index (χ3v) is 4.41. The average molecular weight is 398 g/mol. The molecule has 1 atom stereocenters. The molecule has 1 aromatic carbocycles. The molecule has 0 saturated heterocycles. The van der Waals surface area contributed by atoms with E-state index in [-0.39, 0.29) is 5.02 Å². The van der Waals surface area contributed by atoms with Crippen molar-refractivity contribution in [3.8, 4) is 0 Å². The summed E-state index contributed by atoms with van der Waals surface area (Å²) >= 11 is 12.1. The van der Waals surface area contributed by atoms with Crippen LogP contribution < -0.4 is 0 Å². The molecule has 0 bridgehead atoms. The Hall–Kier alpha value is -0.360. The first-order chi connectivity index (χ1) is 8.47. The fraction of sp³-hybridized carbons (Fsp3) is 0.167. The SMILES string of the molecule is OC(Cc1ccc(F)c(Cl)c1)c1cc(Br)c(Br)o1. The molecule has 1 unspecified atom stereocenters. The van der Waals surface area contributed by atoms with Gasteiger partial charge in [0.2, 0.25) is 0 Å². The lowest BCUT2D eigenvalue weighted by Gasteiger charge is -2.08. The number of furan rings is 1. The van der Waals surface area contributed by atoms with Crippen molar-refractivity contribution in [3.63, 3.8) is 0 Å². The number of benzene rings is 1. The van der Waals surface area contributed by atoms with Gasteiger partial charge in [-0.1, -0.05) is 17.7 Å². The number of aliphatic hydroxyl groups excluding tert-OH is 1. The minimum Gasteiger partial charge on any atom is -0.450 e. The molecule has 96 valence electrons. The third-order valence-electron chi connectivity index (χ3n) is 2.41. The molecule has 0 spiro atoms. The van der Waals surface area contributed by atoms with E-state index < -0.39 is 11.9 Å². The number of aliphatic hydroxyl groups is 1. The Bertz CT molecular complexity index is 552. The third kappa shape index (κ3) is 3.15. The lowest BCUT2D eigenvalue weighted by atomic mass is 10.1. The summed E-state index contributed by atoms with van der Waals surface area (Å²) in [5, 5.41) is 10.0. The van der Waals surface area contributed by atoms with Gasteiger partial charge in [0.1, 0.15) is 17.7 Å². The molecule has 0 fully saturated rings. The van der Waals surface area contributed by atoms with Gasteiger partial charge in [-0.3, -0.25) is 0 Å². The molecule has 2 aromatic rings. The highest BCUT2D eigenvalue weighted by atomic mass is 79.9. The fourth-order valence-electron chi connectivity index (χ4n) is 1.52. The van der Waals surface area contributed by atoms with E-state index >= 15 is 0 Å². The summed E-state index contributed by atoms with van der Waals surface area (Å²) in [4.78, 5) is 0. The largest absolute Gasteiger partial charge is 0.450 e. The minimum absolute atomic E-state index is 0.0431. The van der Waals surface area contributed by atoms with E-state index in [9.17, 15) is 9.50 Å². The lowest BCUT2D eigenvalue weighted by Crippen LogP contribution is -2.00. The van der Waals surface area contributed by atoms with Gasteiger partial charge in [-0.05, 0) is 55.6 Å². The first-order valence-corrected chi connectivity index (χ1v) is 7.00. The minimum atomic E-state index is -0.811. The zero-order chi connectivity index (χ0) is 13.3. The van der Waals surface area contributed by atoms with Crippen molar-refractivity contribution in [3.05, 3.63) is 55.6 Å². The summed E-state index contributed by atoms with van der Waals surface area (Å²) in [5.74, 6) is -0.0485. The smallest absolute Gasteiger partial charge is 0.183 e. The van der Waals surface area contributed by atoms with Crippen LogP contribution in [0.25, 0.3) is 0 Å². The van der Waals surface area contributed by atoms with Crippen LogP contribution in [0.5, 0.6) is 0 Å². The van der Waals surface area contributed by atoms with Crippen LogP contribution in [-0.2, 0) is 6.42 Å². The molecule has 6 heteroatoms. The number of halogens is 4. The van der Waals surface area contributed by atoms with E-state index in [2.05, 4.69) is 31.9 Å². The van der Waals surface area contributed by atoms with Crippen LogP contribution in [0.1, 0.15) is 17.4 Å². The molecule has 1 N–H and O–H groups in total. The lowest BCUT2D eigenvalue weighted by molar-refractivity contribution is 0.149. The van der Waals surface area contributed by atoms with Gasteiger partial charge in [0.25, 0.3) is 0 Å². The van der Waals surface area contributed by atoms with Crippen LogP contribution in [0.4, 0.5) is 4.39 Å². The van der Waals surface area contributed by atoms with Crippen molar-refractivity contribution >= 4 is 43.5 Å². The summed E-state index contributed by atoms with van der Waals surface area (Å²) in [6, 6.07) is 6.03. The Morgan fingerprint density at radius 2 is 2.06 bits per heavy atom. The molecule has 1 heterocycles. The summed E-state index contributed by atoms with van der Waals surface area (Å²) in [6.07, 6.45) is -0.513. The predicted octanol–water partition coefficient (Wildman–Crippen LogP) is 4.87. The fourth-order valence-corrected chi connectivity index (χ4v) is 2.33. The van der Waals surface area contributed by atoms with E-state index in [1.807, 2.05) is 0 Å². The molecule has 0 radical (unpaired) electrons. The summed E-state index contributed by atoms with van der Waals surface area (Å²) < 4.78 is 19.6. The Kier molecular flexibility index (Phi) is 4.48. The van der Waals surface area contributed by atoms with Gasteiger partial charge in [-0.15, -0.1) is 0 Å². The van der Waals surface area contributed by atoms with E-state index in [1.165, 1.54) is 12.1 Å². The number of rotatable bonds is 3. The van der Waals surface area contributed by atoms with E-state index in [4.69, 9.17) is 16.0 Å². The van der Waals surface area contributed by atoms with Crippen LogP contribution in [-0.4, -0.2) is 5.11 Å². The highest BCUT2D eigenvalue weighted by Gasteiger charge is 2.16. The van der Waals surface area contributed by atoms with Gasteiger partial charge < -0.3 is 9.52 Å². The normalized spacial score (nSPS) is 12.7. The first kappa shape index (κ1) is 14.1. The Labute approximate surface area is 125 Å². The van der Waals surface area contributed by atoms with Crippen molar-refractivity contribution in [1.29, 1.82) is 0 Å². The first-order valence-electron chi connectivity index (χ1n) is 5.04. The molecule has 0 saturated carbocycles. The van der Waals surface area contributed by atoms with Crippen LogP contribution in [0.3, 0.4) is 0 Å². The van der Waals surface area contributed by atoms with Crippen LogP contribution in [0.2, 0.25) is 5.02 Å². The Morgan fingerprint density at radius 3 is 2.61 bits per heavy atom. The van der Waals surface area contributed by atoms with Gasteiger partial charge in [-0.25, -0.2) is 4.39 Å². The van der Waals surface area contributed by atoms with E-state index in [1.54, 1.807) is 12.1 Å². The second kappa shape index (κ2) is 5.74. The molecule has 2 rings (SSSR count). The number of hydrogen-bond donors (Lipinski definition) is 1. The maximum absolute atomic E-state index is 13.0. The van der Waals surface area contributed by atoms with Crippen LogP contribution in [0.15, 0.2) is 37.8 Å². The zero-order valence-corrected chi connectivity index (χ0v) is 12.9. The second-order valence-electron chi connectivity index (χ2n) is 3.74. The highest BCUT2D eigenvalue weighted by Crippen LogP contribution is 2.31.